The molecular formula is C23H29N5O. The van der Waals surface area contributed by atoms with Crippen LogP contribution in [0.4, 0.5) is 0 Å². The highest BCUT2D eigenvalue weighted by molar-refractivity contribution is 5.94. The maximum Gasteiger partial charge on any atom is 0.255 e. The van der Waals surface area contributed by atoms with E-state index in [1.165, 1.54) is 25.7 Å². The second-order valence-electron chi connectivity index (χ2n) is 8.61. The van der Waals surface area contributed by atoms with Gasteiger partial charge in [0, 0.05) is 24.5 Å². The van der Waals surface area contributed by atoms with Gasteiger partial charge in [-0.25, -0.2) is 4.98 Å². The fourth-order valence-electron chi connectivity index (χ4n) is 5.13. The van der Waals surface area contributed by atoms with E-state index < -0.39 is 0 Å². The number of amides is 1. The number of aromatic amines is 1. The molecule has 6 nitrogen and oxygen atoms in total. The van der Waals surface area contributed by atoms with Crippen LogP contribution in [0.3, 0.4) is 0 Å². The van der Waals surface area contributed by atoms with Crippen molar-refractivity contribution in [1.29, 1.82) is 0 Å². The molecule has 29 heavy (non-hydrogen) atoms. The first-order valence-electron chi connectivity index (χ1n) is 11.0. The summed E-state index contributed by atoms with van der Waals surface area (Å²) in [6.45, 7) is 1.49. The topological polar surface area (TPSA) is 65.1 Å². The lowest BCUT2D eigenvalue weighted by atomic mass is 10.1. The highest BCUT2D eigenvalue weighted by atomic mass is 16.2. The van der Waals surface area contributed by atoms with E-state index in [0.717, 1.165) is 54.9 Å². The Labute approximate surface area is 172 Å². The third kappa shape index (κ3) is 3.80. The van der Waals surface area contributed by atoms with Crippen molar-refractivity contribution in [3.8, 4) is 0 Å². The van der Waals surface area contributed by atoms with Crippen molar-refractivity contribution in [2.45, 2.75) is 76.5 Å². The molecule has 2 aromatic heterocycles. The first-order chi connectivity index (χ1) is 14.3. The van der Waals surface area contributed by atoms with E-state index in [1.54, 1.807) is 12.5 Å². The number of carbonyl (C=O) groups excluding carboxylic acids is 1. The van der Waals surface area contributed by atoms with Gasteiger partial charge in [0.15, 0.2) is 0 Å². The van der Waals surface area contributed by atoms with Crippen LogP contribution in [0.15, 0.2) is 30.9 Å². The van der Waals surface area contributed by atoms with Gasteiger partial charge >= 0.3 is 0 Å². The van der Waals surface area contributed by atoms with Gasteiger partial charge in [-0.2, -0.15) is 0 Å². The summed E-state index contributed by atoms with van der Waals surface area (Å²) in [6.07, 6.45) is 17.3. The van der Waals surface area contributed by atoms with Crippen molar-refractivity contribution in [3.05, 3.63) is 53.5 Å². The quantitative estimate of drug-likeness (QED) is 0.833. The zero-order chi connectivity index (χ0) is 19.6. The molecule has 3 heterocycles. The van der Waals surface area contributed by atoms with Crippen LogP contribution >= 0.6 is 0 Å². The van der Waals surface area contributed by atoms with Gasteiger partial charge < -0.3 is 14.8 Å². The zero-order valence-corrected chi connectivity index (χ0v) is 16.9. The average Bonchev–Trinajstić information content (AvgIpc) is 3.51. The van der Waals surface area contributed by atoms with Crippen molar-refractivity contribution >= 4 is 12.0 Å². The molecule has 2 fully saturated rings. The number of rotatable bonds is 5. The van der Waals surface area contributed by atoms with Crippen LogP contribution in [0.5, 0.6) is 0 Å². The Morgan fingerprint density at radius 3 is 2.45 bits per heavy atom. The molecule has 0 atom stereocenters. The van der Waals surface area contributed by atoms with Gasteiger partial charge in [0.2, 0.25) is 0 Å². The van der Waals surface area contributed by atoms with Crippen LogP contribution in [0, 0.1) is 0 Å². The molecule has 5 rings (SSSR count). The molecule has 0 unspecified atom stereocenters. The maximum atomic E-state index is 13.4. The van der Waals surface area contributed by atoms with Crippen molar-refractivity contribution in [2.24, 2.45) is 0 Å². The van der Waals surface area contributed by atoms with E-state index in [0.29, 0.717) is 18.6 Å². The van der Waals surface area contributed by atoms with Crippen molar-refractivity contribution in [1.82, 2.24) is 24.8 Å². The van der Waals surface area contributed by atoms with Crippen LogP contribution in [0.1, 0.15) is 78.8 Å². The minimum atomic E-state index is 0.182. The van der Waals surface area contributed by atoms with Crippen molar-refractivity contribution in [2.75, 3.05) is 0 Å². The molecule has 0 saturated heterocycles. The number of pyridine rings is 1. The molecule has 1 amide bonds. The summed E-state index contributed by atoms with van der Waals surface area (Å²) >= 11 is 0. The first-order valence-corrected chi connectivity index (χ1v) is 11.0. The Hall–Kier alpha value is -2.63. The van der Waals surface area contributed by atoms with E-state index in [9.17, 15) is 4.79 Å². The monoisotopic (exact) mass is 391 g/mol. The number of carbonyl (C=O) groups is 1. The molecule has 0 radical (unpaired) electrons. The number of aromatic nitrogens is 3. The molecule has 2 aromatic rings. The summed E-state index contributed by atoms with van der Waals surface area (Å²) in [5.74, 6) is 0.182. The maximum absolute atomic E-state index is 13.4. The molecule has 0 aromatic carbocycles. The summed E-state index contributed by atoms with van der Waals surface area (Å²) in [5.41, 5.74) is 3.84. The minimum absolute atomic E-state index is 0.182. The smallest absolute Gasteiger partial charge is 0.255 e. The largest absolute Gasteiger partial charge is 0.366 e. The predicted molar refractivity (Wildman–Crippen MR) is 112 cm³/mol. The van der Waals surface area contributed by atoms with Gasteiger partial charge in [0.25, 0.3) is 5.91 Å². The van der Waals surface area contributed by atoms with Gasteiger partial charge in [-0.1, -0.05) is 25.7 Å². The summed E-state index contributed by atoms with van der Waals surface area (Å²) in [7, 11) is 0. The fourth-order valence-corrected chi connectivity index (χ4v) is 5.13. The van der Waals surface area contributed by atoms with E-state index >= 15 is 0 Å². The average molecular weight is 392 g/mol. The molecule has 1 N–H and O–H groups in total. The number of imidazole rings is 1. The third-order valence-electron chi connectivity index (χ3n) is 6.66. The van der Waals surface area contributed by atoms with Gasteiger partial charge in [0.1, 0.15) is 0 Å². The minimum Gasteiger partial charge on any atom is -0.366 e. The number of H-pyrrole nitrogens is 1. The Bertz CT molecular complexity index is 859. The lowest BCUT2D eigenvalue weighted by Gasteiger charge is -2.34. The van der Waals surface area contributed by atoms with Crippen LogP contribution in [-0.2, 0) is 13.1 Å². The Morgan fingerprint density at radius 2 is 1.79 bits per heavy atom. The first kappa shape index (κ1) is 18.4. The van der Waals surface area contributed by atoms with Crippen LogP contribution in [0.25, 0.3) is 6.08 Å². The van der Waals surface area contributed by atoms with Crippen LogP contribution < -0.4 is 0 Å². The normalized spacial score (nSPS) is 19.7. The molecule has 2 saturated carbocycles. The number of fused-ring (bicyclic) bond motifs is 1. The lowest BCUT2D eigenvalue weighted by molar-refractivity contribution is 0.0580. The van der Waals surface area contributed by atoms with E-state index in [4.69, 9.17) is 0 Å². The summed E-state index contributed by atoms with van der Waals surface area (Å²) in [4.78, 5) is 29.9. The second-order valence-corrected chi connectivity index (χ2v) is 8.61. The SMILES string of the molecule is O=C(c1ccc(CN2C=Cc3[nH]cnc3C2)nc1)N(C1CCCC1)C1CCCC1. The molecular weight excluding hydrogens is 362 g/mol. The van der Waals surface area contributed by atoms with Gasteiger partial charge in [-0.3, -0.25) is 9.78 Å². The molecule has 1 aliphatic heterocycles. The Morgan fingerprint density at radius 1 is 1.07 bits per heavy atom. The summed E-state index contributed by atoms with van der Waals surface area (Å²) in [5, 5.41) is 0. The number of hydrogen-bond acceptors (Lipinski definition) is 4. The van der Waals surface area contributed by atoms with Gasteiger partial charge in [0.05, 0.1) is 42.1 Å². The van der Waals surface area contributed by atoms with Crippen LogP contribution in [-0.4, -0.2) is 42.7 Å². The fraction of sp³-hybridized carbons (Fsp3) is 0.522. The summed E-state index contributed by atoms with van der Waals surface area (Å²) in [6, 6.07) is 4.82. The van der Waals surface area contributed by atoms with E-state index in [2.05, 4.69) is 31.0 Å². The molecule has 2 aliphatic carbocycles. The van der Waals surface area contributed by atoms with Crippen molar-refractivity contribution in [3.63, 3.8) is 0 Å². The number of nitrogens with one attached hydrogen (secondary N) is 1. The highest BCUT2D eigenvalue weighted by Gasteiger charge is 2.34. The van der Waals surface area contributed by atoms with E-state index in [1.807, 2.05) is 18.2 Å². The van der Waals surface area contributed by atoms with Crippen LogP contribution in [0.2, 0.25) is 0 Å². The zero-order valence-electron chi connectivity index (χ0n) is 16.9. The highest BCUT2D eigenvalue weighted by Crippen LogP contribution is 2.32. The number of hydrogen-bond donors (Lipinski definition) is 1. The number of nitrogens with zero attached hydrogens (tertiary/aromatic N) is 4. The standard InChI is InChI=1S/C23H29N5O/c29-23(28(19-5-1-2-6-19)20-7-3-4-8-20)17-9-10-18(24-13-17)14-27-12-11-21-22(15-27)26-16-25-21/h9-13,16,19-20H,1-8,14-15H2,(H,25,26). The lowest BCUT2D eigenvalue weighted by Crippen LogP contribution is -2.45. The van der Waals surface area contributed by atoms with Gasteiger partial charge in [-0.05, 0) is 43.9 Å². The molecule has 0 bridgehead atoms. The molecule has 6 heteroatoms. The molecule has 152 valence electrons. The third-order valence-corrected chi connectivity index (χ3v) is 6.66. The predicted octanol–water partition coefficient (Wildman–Crippen LogP) is 4.12. The van der Waals surface area contributed by atoms with Gasteiger partial charge in [-0.15, -0.1) is 0 Å². The molecule has 0 spiro atoms. The summed E-state index contributed by atoms with van der Waals surface area (Å²) < 4.78 is 0. The second kappa shape index (κ2) is 8.01. The Balaban J connectivity index is 1.28. The van der Waals surface area contributed by atoms with Crippen molar-refractivity contribution < 1.29 is 4.79 Å². The molecule has 3 aliphatic rings. The Kier molecular flexibility index (Phi) is 5.08. The van der Waals surface area contributed by atoms with E-state index in [-0.39, 0.29) is 5.91 Å².